The molecule has 1 aliphatic rings. The molecule has 1 aliphatic carbocycles. The van der Waals surface area contributed by atoms with Gasteiger partial charge in [0.2, 0.25) is 0 Å². The summed E-state index contributed by atoms with van der Waals surface area (Å²) in [4.78, 5) is 0. The zero-order valence-electron chi connectivity index (χ0n) is 13.5. The molecule has 2 aromatic carbocycles. The van der Waals surface area contributed by atoms with Gasteiger partial charge in [-0.3, -0.25) is 0 Å². The summed E-state index contributed by atoms with van der Waals surface area (Å²) in [5.41, 5.74) is 3.66. The Labute approximate surface area is 133 Å². The summed E-state index contributed by atoms with van der Waals surface area (Å²) in [5, 5.41) is 14.8. The van der Waals surface area contributed by atoms with Gasteiger partial charge < -0.3 is 10.4 Å². The van der Waals surface area contributed by atoms with Crippen molar-refractivity contribution in [3.8, 4) is 11.1 Å². The fraction of sp³-hybridized carbons (Fsp3) is 0.400. The van der Waals surface area contributed by atoms with Crippen LogP contribution in [0.1, 0.15) is 44.2 Å². The van der Waals surface area contributed by atoms with E-state index in [1.54, 1.807) is 0 Å². The normalized spacial score (nSPS) is 14.9. The van der Waals surface area contributed by atoms with Gasteiger partial charge in [0, 0.05) is 6.04 Å². The highest BCUT2D eigenvalue weighted by atomic mass is 16.3. The molecule has 2 aromatic rings. The van der Waals surface area contributed by atoms with Crippen molar-refractivity contribution in [1.82, 2.24) is 5.32 Å². The molecule has 0 saturated carbocycles. The van der Waals surface area contributed by atoms with Gasteiger partial charge in [0.05, 0.1) is 0 Å². The third-order valence-corrected chi connectivity index (χ3v) is 4.55. The molecule has 0 aromatic heterocycles. The number of hydrogen-bond donors (Lipinski definition) is 2. The monoisotopic (exact) mass is 295 g/mol. The molecule has 0 fully saturated rings. The van der Waals surface area contributed by atoms with Gasteiger partial charge in [-0.1, -0.05) is 62.4 Å². The number of benzene rings is 2. The smallest absolute Gasteiger partial charge is 0.116 e. The minimum atomic E-state index is -0.828. The second-order valence-electron chi connectivity index (χ2n) is 6.52. The number of fused-ring (bicyclic) bond motifs is 3. The second-order valence-corrected chi connectivity index (χ2v) is 6.52. The molecule has 0 radical (unpaired) electrons. The topological polar surface area (TPSA) is 32.3 Å². The van der Waals surface area contributed by atoms with Crippen LogP contribution in [-0.2, 0) is 5.60 Å². The summed E-state index contributed by atoms with van der Waals surface area (Å²) in [6.07, 6.45) is 2.88. The van der Waals surface area contributed by atoms with Gasteiger partial charge in [-0.15, -0.1) is 0 Å². The second kappa shape index (κ2) is 6.23. The van der Waals surface area contributed by atoms with E-state index in [1.807, 2.05) is 24.3 Å². The van der Waals surface area contributed by atoms with Gasteiger partial charge in [0.1, 0.15) is 5.60 Å². The molecule has 116 valence electrons. The van der Waals surface area contributed by atoms with Crippen molar-refractivity contribution in [3.05, 3.63) is 59.7 Å². The lowest BCUT2D eigenvalue weighted by Gasteiger charge is -2.26. The molecule has 0 aliphatic heterocycles. The summed E-state index contributed by atoms with van der Waals surface area (Å²) in [6, 6.07) is 17.0. The van der Waals surface area contributed by atoms with Crippen molar-refractivity contribution in [3.63, 3.8) is 0 Å². The molecule has 0 unspecified atom stereocenters. The van der Waals surface area contributed by atoms with Gasteiger partial charge in [-0.25, -0.2) is 0 Å². The molecule has 22 heavy (non-hydrogen) atoms. The molecular formula is C20H25NO. The Morgan fingerprint density at radius 3 is 2.00 bits per heavy atom. The maximum atomic E-state index is 11.4. The van der Waals surface area contributed by atoms with E-state index < -0.39 is 5.60 Å². The van der Waals surface area contributed by atoms with E-state index in [9.17, 15) is 5.11 Å². The lowest BCUT2D eigenvalue weighted by molar-refractivity contribution is 0.0728. The van der Waals surface area contributed by atoms with Crippen LogP contribution >= 0.6 is 0 Å². The first-order valence-corrected chi connectivity index (χ1v) is 8.28. The van der Waals surface area contributed by atoms with E-state index >= 15 is 0 Å². The highest BCUT2D eigenvalue weighted by molar-refractivity contribution is 5.79. The van der Waals surface area contributed by atoms with E-state index in [1.165, 1.54) is 11.1 Å². The summed E-state index contributed by atoms with van der Waals surface area (Å²) < 4.78 is 0. The first-order chi connectivity index (χ1) is 10.6. The highest BCUT2D eigenvalue weighted by Gasteiger charge is 2.40. The predicted molar refractivity (Wildman–Crippen MR) is 91.9 cm³/mol. The van der Waals surface area contributed by atoms with Crippen LogP contribution in [-0.4, -0.2) is 17.7 Å². The van der Waals surface area contributed by atoms with Crippen molar-refractivity contribution < 1.29 is 5.11 Å². The Bertz CT molecular complexity index is 602. The summed E-state index contributed by atoms with van der Waals surface area (Å²) in [6.45, 7) is 5.34. The predicted octanol–water partition coefficient (Wildman–Crippen LogP) is 4.07. The average Bonchev–Trinajstić information content (AvgIpc) is 2.78. The molecule has 0 amide bonds. The zero-order chi connectivity index (χ0) is 15.6. The van der Waals surface area contributed by atoms with Crippen LogP contribution in [0.3, 0.4) is 0 Å². The molecule has 2 nitrogen and oxygen atoms in total. The Balaban J connectivity index is 1.80. The van der Waals surface area contributed by atoms with E-state index in [2.05, 4.69) is 43.4 Å². The number of nitrogens with one attached hydrogen (secondary N) is 1. The molecule has 0 spiro atoms. The average molecular weight is 295 g/mol. The minimum Gasteiger partial charge on any atom is -0.380 e. The number of unbranched alkanes of at least 4 members (excludes halogenated alkanes) is 1. The Hall–Kier alpha value is -1.64. The molecule has 2 heteroatoms. The fourth-order valence-electron chi connectivity index (χ4n) is 3.47. The molecule has 3 rings (SSSR count). The third-order valence-electron chi connectivity index (χ3n) is 4.55. The van der Waals surface area contributed by atoms with Gasteiger partial charge >= 0.3 is 0 Å². The van der Waals surface area contributed by atoms with E-state index in [-0.39, 0.29) is 0 Å². The Kier molecular flexibility index (Phi) is 4.32. The van der Waals surface area contributed by atoms with Crippen molar-refractivity contribution in [1.29, 1.82) is 0 Å². The SMILES string of the molecule is CC(C)NCCCCC1(O)c2ccccc2-c2ccccc21. The van der Waals surface area contributed by atoms with Crippen LogP contribution in [0.4, 0.5) is 0 Å². The van der Waals surface area contributed by atoms with Gasteiger partial charge in [0.15, 0.2) is 0 Å². The third kappa shape index (κ3) is 2.69. The quantitative estimate of drug-likeness (QED) is 0.787. The molecular weight excluding hydrogens is 270 g/mol. The fourth-order valence-corrected chi connectivity index (χ4v) is 3.47. The van der Waals surface area contributed by atoms with Crippen molar-refractivity contribution in [2.24, 2.45) is 0 Å². The Morgan fingerprint density at radius 2 is 1.45 bits per heavy atom. The molecule has 0 atom stereocenters. The summed E-state index contributed by atoms with van der Waals surface area (Å²) in [7, 11) is 0. The lowest BCUT2D eigenvalue weighted by Crippen LogP contribution is -2.26. The first kappa shape index (κ1) is 15.3. The van der Waals surface area contributed by atoms with E-state index in [4.69, 9.17) is 0 Å². The van der Waals surface area contributed by atoms with Crippen LogP contribution in [0, 0.1) is 0 Å². The van der Waals surface area contributed by atoms with Crippen LogP contribution in [0.5, 0.6) is 0 Å². The van der Waals surface area contributed by atoms with E-state index in [0.29, 0.717) is 6.04 Å². The first-order valence-electron chi connectivity index (χ1n) is 8.28. The highest BCUT2D eigenvalue weighted by Crippen LogP contribution is 2.49. The number of hydrogen-bond acceptors (Lipinski definition) is 2. The lowest BCUT2D eigenvalue weighted by atomic mass is 9.86. The minimum absolute atomic E-state index is 0.524. The maximum Gasteiger partial charge on any atom is 0.116 e. The van der Waals surface area contributed by atoms with Gasteiger partial charge in [-0.05, 0) is 48.1 Å². The van der Waals surface area contributed by atoms with Crippen LogP contribution in [0.2, 0.25) is 0 Å². The van der Waals surface area contributed by atoms with Crippen LogP contribution in [0.15, 0.2) is 48.5 Å². The molecule has 0 heterocycles. The van der Waals surface area contributed by atoms with Gasteiger partial charge in [0.25, 0.3) is 0 Å². The maximum absolute atomic E-state index is 11.4. The van der Waals surface area contributed by atoms with Gasteiger partial charge in [-0.2, -0.15) is 0 Å². The number of rotatable bonds is 6. The Morgan fingerprint density at radius 1 is 0.909 bits per heavy atom. The van der Waals surface area contributed by atoms with Crippen molar-refractivity contribution in [2.75, 3.05) is 6.54 Å². The van der Waals surface area contributed by atoms with Crippen molar-refractivity contribution >= 4 is 0 Å². The summed E-state index contributed by atoms with van der Waals surface area (Å²) in [5.74, 6) is 0. The molecule has 0 bridgehead atoms. The molecule has 2 N–H and O–H groups in total. The molecule has 0 saturated heterocycles. The van der Waals surface area contributed by atoms with Crippen LogP contribution < -0.4 is 5.32 Å². The number of aliphatic hydroxyl groups is 1. The van der Waals surface area contributed by atoms with Crippen molar-refractivity contribution in [2.45, 2.75) is 44.8 Å². The summed E-state index contributed by atoms with van der Waals surface area (Å²) >= 11 is 0. The van der Waals surface area contributed by atoms with E-state index in [0.717, 1.165) is 36.9 Å². The van der Waals surface area contributed by atoms with Crippen LogP contribution in [0.25, 0.3) is 11.1 Å². The zero-order valence-corrected chi connectivity index (χ0v) is 13.5. The largest absolute Gasteiger partial charge is 0.380 e. The standard InChI is InChI=1S/C20H25NO/c1-15(2)21-14-8-7-13-20(22)18-11-5-3-9-16(18)17-10-4-6-12-19(17)20/h3-6,9-12,15,21-22H,7-8,13-14H2,1-2H3.